The molecule has 0 atom stereocenters. The monoisotopic (exact) mass is 428 g/mol. The number of hydrogen-bond acceptors (Lipinski definition) is 6. The van der Waals surface area contributed by atoms with Crippen molar-refractivity contribution in [1.82, 2.24) is 0 Å². The highest BCUT2D eigenvalue weighted by atomic mass is 16.5. The molecular formula is C24H44O6. The molecule has 0 bridgehead atoms. The second kappa shape index (κ2) is 14.8. The topological polar surface area (TPSA) is 71.1 Å². The molecule has 0 unspecified atom stereocenters. The van der Waals surface area contributed by atoms with E-state index < -0.39 is 0 Å². The average Bonchev–Trinajstić information content (AvgIpc) is 2.69. The van der Waals surface area contributed by atoms with Crippen LogP contribution in [-0.2, 0) is 28.5 Å². The summed E-state index contributed by atoms with van der Waals surface area (Å²) in [6.07, 6.45) is 8.86. The summed E-state index contributed by atoms with van der Waals surface area (Å²) in [4.78, 5) is 22.9. The number of carbonyl (C=O) groups excluding carboxylic acids is 2. The van der Waals surface area contributed by atoms with E-state index in [1.54, 1.807) is 0 Å². The summed E-state index contributed by atoms with van der Waals surface area (Å²) in [6, 6.07) is 0. The first-order valence-electron chi connectivity index (χ1n) is 11.9. The van der Waals surface area contributed by atoms with Gasteiger partial charge in [0.1, 0.15) is 0 Å². The van der Waals surface area contributed by atoms with Crippen molar-refractivity contribution < 1.29 is 28.5 Å². The van der Waals surface area contributed by atoms with Gasteiger partial charge in [-0.25, -0.2) is 0 Å². The molecule has 6 heteroatoms. The maximum Gasteiger partial charge on any atom is 0.308 e. The molecule has 2 aliphatic carbocycles. The van der Waals surface area contributed by atoms with Crippen molar-refractivity contribution >= 4 is 11.9 Å². The van der Waals surface area contributed by atoms with Crippen LogP contribution in [0.4, 0.5) is 0 Å². The van der Waals surface area contributed by atoms with Crippen LogP contribution in [0.5, 0.6) is 0 Å². The zero-order chi connectivity index (χ0) is 22.5. The van der Waals surface area contributed by atoms with Crippen LogP contribution in [0.3, 0.4) is 0 Å². The van der Waals surface area contributed by atoms with Crippen molar-refractivity contribution in [3.8, 4) is 0 Å². The fourth-order valence-corrected chi connectivity index (χ4v) is 4.16. The fraction of sp³-hybridized carbons (Fsp3) is 0.917. The minimum atomic E-state index is -0.0273. The zero-order valence-corrected chi connectivity index (χ0v) is 20.0. The summed E-state index contributed by atoms with van der Waals surface area (Å²) in [5, 5.41) is 0. The Kier molecular flexibility index (Phi) is 13.3. The van der Waals surface area contributed by atoms with Crippen LogP contribution in [-0.4, -0.2) is 49.6 Å². The van der Waals surface area contributed by atoms with Gasteiger partial charge in [0, 0.05) is 0 Å². The third-order valence-corrected chi connectivity index (χ3v) is 5.52. The first-order valence-corrected chi connectivity index (χ1v) is 11.9. The number of rotatable bonds is 8. The summed E-state index contributed by atoms with van der Waals surface area (Å²) >= 11 is 0. The SMILES string of the molecule is CCOC(=O)[C@H]1CC[C@@H](OC(C)C)CC1.CCOC(=O)[C@H]1CC[C@H](OC(C)C)CC1. The van der Waals surface area contributed by atoms with E-state index in [4.69, 9.17) is 18.9 Å². The number of ether oxygens (including phenoxy) is 4. The maximum atomic E-state index is 11.5. The first kappa shape index (κ1) is 26.9. The van der Waals surface area contributed by atoms with Gasteiger partial charge in [-0.15, -0.1) is 0 Å². The third-order valence-electron chi connectivity index (χ3n) is 5.52. The number of esters is 2. The van der Waals surface area contributed by atoms with E-state index in [0.717, 1.165) is 51.4 Å². The quantitative estimate of drug-likeness (QED) is 0.503. The second-order valence-electron chi connectivity index (χ2n) is 8.82. The van der Waals surface area contributed by atoms with Gasteiger partial charge in [-0.3, -0.25) is 9.59 Å². The molecule has 0 heterocycles. The Morgan fingerprint density at radius 2 is 0.933 bits per heavy atom. The van der Waals surface area contributed by atoms with E-state index in [0.29, 0.717) is 25.4 Å². The van der Waals surface area contributed by atoms with Crippen LogP contribution < -0.4 is 0 Å². The van der Waals surface area contributed by atoms with Crippen LogP contribution in [0.2, 0.25) is 0 Å². The van der Waals surface area contributed by atoms with Crippen LogP contribution >= 0.6 is 0 Å². The van der Waals surface area contributed by atoms with E-state index in [1.165, 1.54) is 0 Å². The summed E-state index contributed by atoms with van der Waals surface area (Å²) in [6.45, 7) is 12.9. The molecule has 2 fully saturated rings. The van der Waals surface area contributed by atoms with Gasteiger partial charge in [0.2, 0.25) is 0 Å². The molecular weight excluding hydrogens is 384 g/mol. The Hall–Kier alpha value is -1.14. The van der Waals surface area contributed by atoms with Gasteiger partial charge in [-0.1, -0.05) is 0 Å². The van der Waals surface area contributed by atoms with Crippen LogP contribution in [0.1, 0.15) is 92.9 Å². The largest absolute Gasteiger partial charge is 0.466 e. The molecule has 0 aromatic heterocycles. The lowest BCUT2D eigenvalue weighted by Gasteiger charge is -2.28. The van der Waals surface area contributed by atoms with Crippen molar-refractivity contribution in [1.29, 1.82) is 0 Å². The highest BCUT2D eigenvalue weighted by Gasteiger charge is 2.28. The van der Waals surface area contributed by atoms with E-state index >= 15 is 0 Å². The second-order valence-corrected chi connectivity index (χ2v) is 8.82. The molecule has 0 N–H and O–H groups in total. The lowest BCUT2D eigenvalue weighted by Crippen LogP contribution is -2.28. The molecule has 30 heavy (non-hydrogen) atoms. The first-order chi connectivity index (χ1) is 14.3. The molecule has 0 aromatic carbocycles. The molecule has 176 valence electrons. The van der Waals surface area contributed by atoms with Gasteiger partial charge in [-0.2, -0.15) is 0 Å². The highest BCUT2D eigenvalue weighted by Crippen LogP contribution is 2.28. The molecule has 6 nitrogen and oxygen atoms in total. The smallest absolute Gasteiger partial charge is 0.308 e. The zero-order valence-electron chi connectivity index (χ0n) is 20.0. The standard InChI is InChI=1S/2C12H22O3/c2*1-4-14-12(13)10-5-7-11(8-6-10)15-9(2)3/h2*9-11H,4-8H2,1-3H3/t10-,11+;10-,11-. The van der Waals surface area contributed by atoms with Gasteiger partial charge in [0.25, 0.3) is 0 Å². The Bertz CT molecular complexity index is 430. The molecule has 0 aliphatic heterocycles. The number of hydrogen-bond donors (Lipinski definition) is 0. The number of carbonyl (C=O) groups is 2. The van der Waals surface area contributed by atoms with E-state index in [-0.39, 0.29) is 36.0 Å². The van der Waals surface area contributed by atoms with Gasteiger partial charge < -0.3 is 18.9 Å². The van der Waals surface area contributed by atoms with Crippen molar-refractivity contribution in [3.05, 3.63) is 0 Å². The summed E-state index contributed by atoms with van der Waals surface area (Å²) in [7, 11) is 0. The fourth-order valence-electron chi connectivity index (χ4n) is 4.16. The van der Waals surface area contributed by atoms with E-state index in [9.17, 15) is 9.59 Å². The predicted octanol–water partition coefficient (Wildman–Crippen LogP) is 5.07. The minimum Gasteiger partial charge on any atom is -0.466 e. The molecule has 2 aliphatic rings. The third kappa shape index (κ3) is 10.8. The van der Waals surface area contributed by atoms with Gasteiger partial charge in [0.15, 0.2) is 0 Å². The Morgan fingerprint density at radius 3 is 1.17 bits per heavy atom. The molecule has 0 radical (unpaired) electrons. The van der Waals surface area contributed by atoms with Crippen LogP contribution in [0.25, 0.3) is 0 Å². The van der Waals surface area contributed by atoms with E-state index in [1.807, 2.05) is 13.8 Å². The van der Waals surface area contributed by atoms with Crippen molar-refractivity contribution in [2.24, 2.45) is 11.8 Å². The van der Waals surface area contributed by atoms with Gasteiger partial charge in [0.05, 0.1) is 49.5 Å². The van der Waals surface area contributed by atoms with E-state index in [2.05, 4.69) is 27.7 Å². The predicted molar refractivity (Wildman–Crippen MR) is 117 cm³/mol. The average molecular weight is 429 g/mol. The van der Waals surface area contributed by atoms with Crippen LogP contribution in [0.15, 0.2) is 0 Å². The molecule has 2 saturated carbocycles. The van der Waals surface area contributed by atoms with Crippen LogP contribution in [0, 0.1) is 11.8 Å². The lowest BCUT2D eigenvalue weighted by atomic mass is 9.87. The normalized spacial score (nSPS) is 26.7. The summed E-state index contributed by atoms with van der Waals surface area (Å²) < 4.78 is 21.5. The Balaban J connectivity index is 0.000000300. The molecule has 0 spiro atoms. The molecule has 0 saturated heterocycles. The van der Waals surface area contributed by atoms with Crippen molar-refractivity contribution in [2.75, 3.05) is 13.2 Å². The van der Waals surface area contributed by atoms with Gasteiger partial charge in [-0.05, 0) is 92.9 Å². The summed E-state index contributed by atoms with van der Waals surface area (Å²) in [5.74, 6) is 0.162. The van der Waals surface area contributed by atoms with Crippen molar-refractivity contribution in [3.63, 3.8) is 0 Å². The Labute approximate surface area is 183 Å². The molecule has 0 aromatic rings. The maximum absolute atomic E-state index is 11.5. The molecule has 2 rings (SSSR count). The highest BCUT2D eigenvalue weighted by molar-refractivity contribution is 5.72. The van der Waals surface area contributed by atoms with Gasteiger partial charge >= 0.3 is 11.9 Å². The summed E-state index contributed by atoms with van der Waals surface area (Å²) in [5.41, 5.74) is 0. The molecule has 0 amide bonds. The van der Waals surface area contributed by atoms with Crippen molar-refractivity contribution in [2.45, 2.75) is 117 Å². The minimum absolute atomic E-state index is 0.0273. The lowest BCUT2D eigenvalue weighted by molar-refractivity contribution is -0.151. The Morgan fingerprint density at radius 1 is 0.633 bits per heavy atom.